The monoisotopic (exact) mass is 317 g/mol. The van der Waals surface area contributed by atoms with Crippen LogP contribution in [0.3, 0.4) is 0 Å². The molecule has 0 atom stereocenters. The molecule has 7 heteroatoms. The first-order chi connectivity index (χ1) is 8.99. The van der Waals surface area contributed by atoms with Crippen molar-refractivity contribution in [3.63, 3.8) is 0 Å². The standard InChI is InChI=1S/C12H10Cl3N3O/c1-6-17-11(16-2)5-12(18-6)19-10-4-8(14)7(13)3-9(10)15/h3-5H,1-2H3,(H,16,17,18). The Morgan fingerprint density at radius 3 is 2.37 bits per heavy atom. The molecule has 1 aromatic carbocycles. The van der Waals surface area contributed by atoms with Crippen LogP contribution in [-0.4, -0.2) is 17.0 Å². The molecule has 0 unspecified atom stereocenters. The third-order valence-corrected chi connectivity index (χ3v) is 3.28. The smallest absolute Gasteiger partial charge is 0.224 e. The van der Waals surface area contributed by atoms with Gasteiger partial charge in [0.25, 0.3) is 0 Å². The number of halogens is 3. The maximum Gasteiger partial charge on any atom is 0.224 e. The normalized spacial score (nSPS) is 10.4. The average Bonchev–Trinajstić information content (AvgIpc) is 2.35. The summed E-state index contributed by atoms with van der Waals surface area (Å²) in [6.45, 7) is 1.77. The van der Waals surface area contributed by atoms with Gasteiger partial charge in [-0.1, -0.05) is 34.8 Å². The van der Waals surface area contributed by atoms with Crippen LogP contribution >= 0.6 is 34.8 Å². The molecule has 19 heavy (non-hydrogen) atoms. The van der Waals surface area contributed by atoms with Crippen LogP contribution in [0.2, 0.25) is 15.1 Å². The number of aryl methyl sites for hydroxylation is 1. The molecule has 0 aliphatic heterocycles. The minimum atomic E-state index is 0.358. The highest BCUT2D eigenvalue weighted by Crippen LogP contribution is 2.36. The van der Waals surface area contributed by atoms with Crippen LogP contribution in [0, 0.1) is 6.92 Å². The number of benzene rings is 1. The van der Waals surface area contributed by atoms with E-state index in [2.05, 4.69) is 15.3 Å². The molecule has 0 spiro atoms. The quantitative estimate of drug-likeness (QED) is 0.842. The minimum Gasteiger partial charge on any atom is -0.437 e. The number of nitrogens with zero attached hydrogens (tertiary/aromatic N) is 2. The largest absolute Gasteiger partial charge is 0.437 e. The van der Waals surface area contributed by atoms with Gasteiger partial charge in [-0.25, -0.2) is 4.98 Å². The topological polar surface area (TPSA) is 47.0 Å². The first-order valence-electron chi connectivity index (χ1n) is 5.35. The molecule has 0 aliphatic rings. The molecule has 1 heterocycles. The molecular weight excluding hydrogens is 309 g/mol. The van der Waals surface area contributed by atoms with E-state index in [0.29, 0.717) is 38.3 Å². The lowest BCUT2D eigenvalue weighted by Crippen LogP contribution is -1.98. The molecule has 0 radical (unpaired) electrons. The molecule has 0 fully saturated rings. The van der Waals surface area contributed by atoms with E-state index in [0.717, 1.165) is 0 Å². The van der Waals surface area contributed by atoms with Gasteiger partial charge in [-0.05, 0) is 13.0 Å². The van der Waals surface area contributed by atoms with Crippen LogP contribution in [0.25, 0.3) is 0 Å². The van der Waals surface area contributed by atoms with Crippen LogP contribution in [-0.2, 0) is 0 Å². The lowest BCUT2D eigenvalue weighted by Gasteiger charge is -2.09. The van der Waals surface area contributed by atoms with Crippen molar-refractivity contribution >= 4 is 40.6 Å². The van der Waals surface area contributed by atoms with E-state index >= 15 is 0 Å². The number of anilines is 1. The lowest BCUT2D eigenvalue weighted by molar-refractivity contribution is 0.460. The Morgan fingerprint density at radius 2 is 1.68 bits per heavy atom. The molecule has 0 bridgehead atoms. The molecule has 0 saturated heterocycles. The fourth-order valence-corrected chi connectivity index (χ4v) is 1.99. The first-order valence-corrected chi connectivity index (χ1v) is 6.49. The zero-order chi connectivity index (χ0) is 14.0. The fraction of sp³-hybridized carbons (Fsp3) is 0.167. The predicted molar refractivity (Wildman–Crippen MR) is 77.9 cm³/mol. The number of rotatable bonds is 3. The van der Waals surface area contributed by atoms with Gasteiger partial charge in [-0.2, -0.15) is 4.98 Å². The Morgan fingerprint density at radius 1 is 1.00 bits per heavy atom. The zero-order valence-electron chi connectivity index (χ0n) is 10.2. The van der Waals surface area contributed by atoms with E-state index < -0.39 is 0 Å². The first kappa shape index (κ1) is 14.2. The number of aromatic nitrogens is 2. The maximum atomic E-state index is 6.04. The van der Waals surface area contributed by atoms with E-state index in [1.165, 1.54) is 6.07 Å². The van der Waals surface area contributed by atoms with Crippen molar-refractivity contribution in [1.82, 2.24) is 9.97 Å². The average molecular weight is 319 g/mol. The molecule has 1 aromatic heterocycles. The predicted octanol–water partition coefficient (Wildman–Crippen LogP) is 4.58. The highest BCUT2D eigenvalue weighted by atomic mass is 35.5. The Bertz CT molecular complexity index is 619. The highest BCUT2D eigenvalue weighted by molar-refractivity contribution is 6.43. The summed E-state index contributed by atoms with van der Waals surface area (Å²) in [6.07, 6.45) is 0. The van der Waals surface area contributed by atoms with E-state index in [1.54, 1.807) is 26.1 Å². The summed E-state index contributed by atoms with van der Waals surface area (Å²) in [4.78, 5) is 8.33. The Balaban J connectivity index is 2.36. The summed E-state index contributed by atoms with van der Waals surface area (Å²) in [5, 5.41) is 4.01. The van der Waals surface area contributed by atoms with Gasteiger partial charge in [0.15, 0.2) is 0 Å². The maximum absolute atomic E-state index is 6.04. The second-order valence-corrected chi connectivity index (χ2v) is 4.91. The van der Waals surface area contributed by atoms with Crippen LogP contribution in [0.4, 0.5) is 5.82 Å². The fourth-order valence-electron chi connectivity index (χ4n) is 1.42. The number of hydrogen-bond donors (Lipinski definition) is 1. The number of hydrogen-bond acceptors (Lipinski definition) is 4. The summed E-state index contributed by atoms with van der Waals surface area (Å²) < 4.78 is 5.60. The van der Waals surface area contributed by atoms with Crippen LogP contribution in [0.5, 0.6) is 11.6 Å². The van der Waals surface area contributed by atoms with E-state index in [9.17, 15) is 0 Å². The highest BCUT2D eigenvalue weighted by Gasteiger charge is 2.10. The van der Waals surface area contributed by atoms with E-state index in [-0.39, 0.29) is 0 Å². The van der Waals surface area contributed by atoms with Crippen LogP contribution in [0.15, 0.2) is 18.2 Å². The molecule has 4 nitrogen and oxygen atoms in total. The van der Waals surface area contributed by atoms with Crippen LogP contribution < -0.4 is 10.1 Å². The summed E-state index contributed by atoms with van der Waals surface area (Å²) in [6, 6.07) is 4.72. The molecular formula is C12H10Cl3N3O. The summed E-state index contributed by atoms with van der Waals surface area (Å²) in [7, 11) is 1.76. The van der Waals surface area contributed by atoms with Crippen molar-refractivity contribution < 1.29 is 4.74 Å². The molecule has 0 amide bonds. The third kappa shape index (κ3) is 3.41. The Labute approximate surface area is 125 Å². The second-order valence-electron chi connectivity index (χ2n) is 3.69. The van der Waals surface area contributed by atoms with Crippen molar-refractivity contribution in [1.29, 1.82) is 0 Å². The SMILES string of the molecule is CNc1cc(Oc2cc(Cl)c(Cl)cc2Cl)nc(C)n1. The lowest BCUT2D eigenvalue weighted by atomic mass is 10.3. The molecule has 2 aromatic rings. The Kier molecular flexibility index (Phi) is 4.34. The van der Waals surface area contributed by atoms with Gasteiger partial charge in [0, 0.05) is 19.2 Å². The van der Waals surface area contributed by atoms with E-state index in [1.807, 2.05) is 0 Å². The van der Waals surface area contributed by atoms with Gasteiger partial charge in [-0.3, -0.25) is 0 Å². The third-order valence-electron chi connectivity index (χ3n) is 2.26. The molecule has 0 saturated carbocycles. The van der Waals surface area contributed by atoms with Gasteiger partial charge in [0.1, 0.15) is 17.4 Å². The molecule has 0 aliphatic carbocycles. The molecule has 1 N–H and O–H groups in total. The van der Waals surface area contributed by atoms with Crippen molar-refractivity contribution in [3.05, 3.63) is 39.1 Å². The van der Waals surface area contributed by atoms with E-state index in [4.69, 9.17) is 39.5 Å². The van der Waals surface area contributed by atoms with Crippen molar-refractivity contribution in [2.75, 3.05) is 12.4 Å². The van der Waals surface area contributed by atoms with Gasteiger partial charge < -0.3 is 10.1 Å². The Hall–Kier alpha value is -1.23. The minimum absolute atomic E-state index is 0.358. The van der Waals surface area contributed by atoms with Gasteiger partial charge >= 0.3 is 0 Å². The van der Waals surface area contributed by atoms with Gasteiger partial charge in [0.2, 0.25) is 5.88 Å². The van der Waals surface area contributed by atoms with Crippen molar-refractivity contribution in [2.45, 2.75) is 6.92 Å². The van der Waals surface area contributed by atoms with Crippen molar-refractivity contribution in [3.8, 4) is 11.6 Å². The summed E-state index contributed by atoms with van der Waals surface area (Å²) in [5.41, 5.74) is 0. The summed E-state index contributed by atoms with van der Waals surface area (Å²) in [5.74, 6) is 1.99. The van der Waals surface area contributed by atoms with Crippen LogP contribution in [0.1, 0.15) is 5.82 Å². The number of ether oxygens (including phenoxy) is 1. The van der Waals surface area contributed by atoms with Gasteiger partial charge in [-0.15, -0.1) is 0 Å². The molecule has 100 valence electrons. The number of nitrogens with one attached hydrogen (secondary N) is 1. The zero-order valence-corrected chi connectivity index (χ0v) is 12.4. The van der Waals surface area contributed by atoms with Gasteiger partial charge in [0.05, 0.1) is 15.1 Å². The van der Waals surface area contributed by atoms with Crippen molar-refractivity contribution in [2.24, 2.45) is 0 Å². The summed E-state index contributed by atoms with van der Waals surface area (Å²) >= 11 is 17.8. The molecule has 2 rings (SSSR count). The second kappa shape index (κ2) is 5.82.